The van der Waals surface area contributed by atoms with Gasteiger partial charge in [0.15, 0.2) is 17.3 Å². The van der Waals surface area contributed by atoms with Crippen LogP contribution in [0.3, 0.4) is 0 Å². The molecule has 0 unspecified atom stereocenters. The van der Waals surface area contributed by atoms with Crippen LogP contribution >= 0.6 is 0 Å². The van der Waals surface area contributed by atoms with Crippen LogP contribution in [0.25, 0.3) is 27.4 Å². The number of nitrogens with zero attached hydrogens (tertiary/aromatic N) is 2. The van der Waals surface area contributed by atoms with Crippen molar-refractivity contribution < 1.29 is 13.9 Å². The van der Waals surface area contributed by atoms with E-state index >= 15 is 4.39 Å². The SMILES string of the molecule is NC(N)NCCCCNC(=O)c1cn2c3c(c(NCCN4CCCC4)c(F)cc3c1=O)Oc1cc3ccccc3cc1-2. The number of carbonyl (C=O) groups is 1. The highest BCUT2D eigenvalue weighted by molar-refractivity contribution is 6.02. The van der Waals surface area contributed by atoms with Crippen molar-refractivity contribution in [3.05, 3.63) is 70.3 Å². The van der Waals surface area contributed by atoms with Crippen molar-refractivity contribution in [3.63, 3.8) is 0 Å². The Balaban J connectivity index is 1.38. The lowest BCUT2D eigenvalue weighted by atomic mass is 10.0. The number of carbonyl (C=O) groups excluding carboxylic acids is 1. The third-order valence-corrected chi connectivity index (χ3v) is 7.94. The van der Waals surface area contributed by atoms with E-state index in [-0.39, 0.29) is 22.4 Å². The van der Waals surface area contributed by atoms with Crippen LogP contribution < -0.4 is 37.6 Å². The molecule has 0 radical (unpaired) electrons. The number of aromatic nitrogens is 1. The number of pyridine rings is 1. The number of ether oxygens (including phenoxy) is 1. The van der Waals surface area contributed by atoms with Gasteiger partial charge in [0.25, 0.3) is 5.91 Å². The molecule has 220 valence electrons. The molecule has 0 saturated carbocycles. The lowest BCUT2D eigenvalue weighted by molar-refractivity contribution is 0.0951. The third-order valence-electron chi connectivity index (χ3n) is 7.94. The van der Waals surface area contributed by atoms with Gasteiger partial charge in [-0.05, 0) is 74.3 Å². The largest absolute Gasteiger partial charge is 0.451 e. The molecule has 0 atom stereocenters. The van der Waals surface area contributed by atoms with Crippen LogP contribution in [0, 0.1) is 5.82 Å². The number of benzene rings is 3. The fourth-order valence-electron chi connectivity index (χ4n) is 5.79. The molecule has 2 aliphatic heterocycles. The number of hydrogen-bond acceptors (Lipinski definition) is 8. The van der Waals surface area contributed by atoms with Crippen LogP contribution in [0.5, 0.6) is 11.5 Å². The molecule has 11 heteroatoms. The number of hydrogen-bond donors (Lipinski definition) is 5. The third kappa shape index (κ3) is 5.56. The molecule has 7 N–H and O–H groups in total. The highest BCUT2D eigenvalue weighted by Crippen LogP contribution is 2.46. The lowest BCUT2D eigenvalue weighted by Gasteiger charge is -2.27. The quantitative estimate of drug-likeness (QED) is 0.120. The van der Waals surface area contributed by atoms with E-state index in [0.717, 1.165) is 36.8 Å². The van der Waals surface area contributed by atoms with Gasteiger partial charge in [-0.3, -0.25) is 14.9 Å². The number of fused-ring (bicyclic) bond motifs is 3. The van der Waals surface area contributed by atoms with Gasteiger partial charge in [-0.25, -0.2) is 4.39 Å². The Morgan fingerprint density at radius 2 is 1.76 bits per heavy atom. The average Bonchev–Trinajstić information content (AvgIpc) is 3.50. The summed E-state index contributed by atoms with van der Waals surface area (Å²) in [5.74, 6) is -0.368. The summed E-state index contributed by atoms with van der Waals surface area (Å²) in [4.78, 5) is 29.2. The number of anilines is 1. The van der Waals surface area contributed by atoms with E-state index in [1.165, 1.54) is 18.9 Å². The Hall–Kier alpha value is -4.03. The molecular weight excluding hydrogens is 537 g/mol. The van der Waals surface area contributed by atoms with Crippen LogP contribution in [-0.2, 0) is 0 Å². The first-order valence-electron chi connectivity index (χ1n) is 14.5. The molecule has 0 bridgehead atoms. The van der Waals surface area contributed by atoms with Crippen molar-refractivity contribution in [2.24, 2.45) is 11.5 Å². The smallest absolute Gasteiger partial charge is 0.256 e. The topological polar surface area (TPSA) is 140 Å². The predicted molar refractivity (Wildman–Crippen MR) is 163 cm³/mol. The Morgan fingerprint density at radius 3 is 2.52 bits per heavy atom. The number of unbranched alkanes of at least 4 members (excludes halogenated alkanes) is 1. The maximum atomic E-state index is 15.7. The second-order valence-corrected chi connectivity index (χ2v) is 10.9. The molecule has 10 nitrogen and oxygen atoms in total. The fraction of sp³-hybridized carbons (Fsp3) is 0.355. The summed E-state index contributed by atoms with van der Waals surface area (Å²) in [5.41, 5.74) is 11.7. The Bertz CT molecular complexity index is 1700. The molecular formula is C31H36FN7O3. The lowest BCUT2D eigenvalue weighted by Crippen LogP contribution is -2.45. The van der Waals surface area contributed by atoms with Gasteiger partial charge in [-0.1, -0.05) is 24.3 Å². The van der Waals surface area contributed by atoms with Crippen LogP contribution in [0.4, 0.5) is 10.1 Å². The van der Waals surface area contributed by atoms with Crippen molar-refractivity contribution >= 4 is 33.3 Å². The molecule has 6 rings (SSSR count). The zero-order valence-corrected chi connectivity index (χ0v) is 23.4. The van der Waals surface area contributed by atoms with Gasteiger partial charge in [0.2, 0.25) is 5.43 Å². The first-order valence-corrected chi connectivity index (χ1v) is 14.5. The minimum absolute atomic E-state index is 0.0642. The van der Waals surface area contributed by atoms with E-state index in [9.17, 15) is 9.59 Å². The van der Waals surface area contributed by atoms with Gasteiger partial charge in [0.1, 0.15) is 23.1 Å². The normalized spacial score (nSPS) is 14.4. The predicted octanol–water partition coefficient (Wildman–Crippen LogP) is 3.20. The standard InChI is InChI=1S/C31H36FN7O3/c32-23-17-21-27-29(26(23)35-11-14-38-12-5-6-13-38)42-25-16-20-8-2-1-7-19(20)15-24(25)39(27)18-22(28(21)40)30(41)36-9-3-4-10-37-31(33)34/h1-2,7-8,15-18,31,35,37H,3-6,9-14,33-34H2,(H,36,41). The van der Waals surface area contributed by atoms with E-state index in [2.05, 4.69) is 20.9 Å². The maximum absolute atomic E-state index is 15.7. The molecule has 1 aromatic heterocycles. The van der Waals surface area contributed by atoms with Crippen LogP contribution in [0.1, 0.15) is 36.0 Å². The second kappa shape index (κ2) is 12.1. The summed E-state index contributed by atoms with van der Waals surface area (Å²) in [7, 11) is 0. The summed E-state index contributed by atoms with van der Waals surface area (Å²) in [5, 5.41) is 11.0. The molecule has 42 heavy (non-hydrogen) atoms. The van der Waals surface area contributed by atoms with Gasteiger partial charge < -0.3 is 36.3 Å². The second-order valence-electron chi connectivity index (χ2n) is 10.9. The summed E-state index contributed by atoms with van der Waals surface area (Å²) in [6, 6.07) is 12.9. The first kappa shape index (κ1) is 28.1. The molecule has 3 aromatic carbocycles. The fourth-order valence-corrected chi connectivity index (χ4v) is 5.79. The minimum atomic E-state index is -0.602. The number of likely N-dealkylation sites (tertiary alicyclic amines) is 1. The Labute approximate surface area is 242 Å². The maximum Gasteiger partial charge on any atom is 0.256 e. The molecule has 1 saturated heterocycles. The van der Waals surface area contributed by atoms with Gasteiger partial charge in [0.05, 0.1) is 11.1 Å². The molecule has 3 heterocycles. The van der Waals surface area contributed by atoms with Crippen molar-refractivity contribution in [2.75, 3.05) is 44.6 Å². The molecule has 1 fully saturated rings. The van der Waals surface area contributed by atoms with Crippen LogP contribution in [0.2, 0.25) is 0 Å². The van der Waals surface area contributed by atoms with Crippen molar-refractivity contribution in [1.82, 2.24) is 20.1 Å². The highest BCUT2D eigenvalue weighted by Gasteiger charge is 2.29. The van der Waals surface area contributed by atoms with Crippen molar-refractivity contribution in [3.8, 4) is 17.2 Å². The van der Waals surface area contributed by atoms with E-state index in [4.69, 9.17) is 16.2 Å². The number of halogens is 1. The zero-order chi connectivity index (χ0) is 29.2. The van der Waals surface area contributed by atoms with Gasteiger partial charge in [-0.2, -0.15) is 0 Å². The Kier molecular flexibility index (Phi) is 8.07. The minimum Gasteiger partial charge on any atom is -0.451 e. The summed E-state index contributed by atoms with van der Waals surface area (Å²) >= 11 is 0. The van der Waals surface area contributed by atoms with Crippen molar-refractivity contribution in [1.29, 1.82) is 0 Å². The summed E-state index contributed by atoms with van der Waals surface area (Å²) < 4.78 is 23.9. The van der Waals surface area contributed by atoms with Gasteiger partial charge in [-0.15, -0.1) is 0 Å². The number of amides is 1. The van der Waals surface area contributed by atoms with E-state index < -0.39 is 23.4 Å². The summed E-state index contributed by atoms with van der Waals surface area (Å²) in [6.45, 7) is 4.35. The molecule has 1 amide bonds. The first-order chi connectivity index (χ1) is 20.4. The van der Waals surface area contributed by atoms with E-state index in [1.54, 1.807) is 10.8 Å². The van der Waals surface area contributed by atoms with Crippen molar-refractivity contribution in [2.45, 2.75) is 32.0 Å². The summed E-state index contributed by atoms with van der Waals surface area (Å²) in [6.07, 6.45) is 4.70. The van der Waals surface area contributed by atoms with Crippen LogP contribution in [0.15, 0.2) is 53.5 Å². The monoisotopic (exact) mass is 573 g/mol. The van der Waals surface area contributed by atoms with Gasteiger partial charge in [0, 0.05) is 25.8 Å². The zero-order valence-electron chi connectivity index (χ0n) is 23.4. The average molecular weight is 574 g/mol. The van der Waals surface area contributed by atoms with Gasteiger partial charge >= 0.3 is 0 Å². The van der Waals surface area contributed by atoms with Crippen LogP contribution in [-0.4, -0.2) is 60.9 Å². The Morgan fingerprint density at radius 1 is 1.02 bits per heavy atom. The number of nitrogens with two attached hydrogens (primary N) is 2. The molecule has 0 aliphatic carbocycles. The molecule has 2 aliphatic rings. The van der Waals surface area contributed by atoms with E-state index in [0.29, 0.717) is 43.0 Å². The van der Waals surface area contributed by atoms with E-state index in [1.807, 2.05) is 36.4 Å². The molecule has 4 aromatic rings. The number of nitrogens with one attached hydrogen (secondary N) is 3. The number of rotatable bonds is 11. The highest BCUT2D eigenvalue weighted by atomic mass is 19.1. The molecule has 0 spiro atoms.